The summed E-state index contributed by atoms with van der Waals surface area (Å²) in [7, 11) is 1.83. The number of amides is 1. The zero-order valence-corrected chi connectivity index (χ0v) is 23.1. The summed E-state index contributed by atoms with van der Waals surface area (Å²) in [5.41, 5.74) is 4.31. The number of allylic oxidation sites excluding steroid dienone is 1. The summed E-state index contributed by atoms with van der Waals surface area (Å²) in [6, 6.07) is 11.2. The van der Waals surface area contributed by atoms with Crippen molar-refractivity contribution in [1.29, 1.82) is 0 Å². The molecule has 0 aliphatic carbocycles. The minimum atomic E-state index is -4.54. The Morgan fingerprint density at radius 1 is 1.02 bits per heavy atom. The van der Waals surface area contributed by atoms with Crippen molar-refractivity contribution in [1.82, 2.24) is 39.8 Å². The van der Waals surface area contributed by atoms with Gasteiger partial charge in [0.25, 0.3) is 0 Å². The lowest BCUT2D eigenvalue weighted by Crippen LogP contribution is -2.48. The highest BCUT2D eigenvalue weighted by Gasteiger charge is 2.26. The molecule has 2 aromatic carbocycles. The fraction of sp³-hybridized carbons (Fsp3) is 0.250. The fourth-order valence-corrected chi connectivity index (χ4v) is 4.68. The van der Waals surface area contributed by atoms with Crippen LogP contribution in [0.2, 0.25) is 0 Å². The molecule has 15 heteroatoms. The van der Waals surface area contributed by atoms with Crippen LogP contribution in [-0.2, 0) is 11.8 Å². The number of benzene rings is 2. The first-order valence-electron chi connectivity index (χ1n) is 13.3. The molecule has 0 bridgehead atoms. The number of carbonyl (C=O) groups is 1. The van der Waals surface area contributed by atoms with Crippen LogP contribution >= 0.6 is 0 Å². The van der Waals surface area contributed by atoms with Crippen molar-refractivity contribution >= 4 is 45.4 Å². The Bertz CT molecular complexity index is 1850. The summed E-state index contributed by atoms with van der Waals surface area (Å²) in [6.07, 6.45) is -1.03. The highest BCUT2D eigenvalue weighted by atomic mass is 19.4. The van der Waals surface area contributed by atoms with Crippen LogP contribution in [0.4, 0.5) is 30.6 Å². The van der Waals surface area contributed by atoms with Crippen molar-refractivity contribution in [3.05, 3.63) is 66.6 Å². The number of ether oxygens (including phenoxy) is 1. The standard InChI is InChI=1S/C28H25F3N10O2/c1-17-13-18(3-6-23(17)43-19-4-5-22-20(14-19)37-38-39(22)2)35-26-25-21(33-16-34-26)15-32-27(36-25)41-11-9-40(10-12-41)24(42)7-8-28(29,30)31/h3-8,13-16H,9-12H2,1-2H3,(H,33,34,35). The van der Waals surface area contributed by atoms with Gasteiger partial charge in [-0.3, -0.25) is 4.79 Å². The summed E-state index contributed by atoms with van der Waals surface area (Å²) in [5.74, 6) is 1.52. The molecule has 220 valence electrons. The number of rotatable bonds is 6. The highest BCUT2D eigenvalue weighted by molar-refractivity contribution is 5.88. The van der Waals surface area contributed by atoms with E-state index in [2.05, 4.69) is 35.6 Å². The maximum Gasteiger partial charge on any atom is 0.409 e. The van der Waals surface area contributed by atoms with Crippen LogP contribution < -0.4 is 15.0 Å². The van der Waals surface area contributed by atoms with Gasteiger partial charge in [0, 0.05) is 57.1 Å². The van der Waals surface area contributed by atoms with Gasteiger partial charge in [0.1, 0.15) is 34.4 Å². The van der Waals surface area contributed by atoms with Crippen LogP contribution in [0.1, 0.15) is 5.56 Å². The number of fused-ring (bicyclic) bond motifs is 2. The molecule has 0 unspecified atom stereocenters. The van der Waals surface area contributed by atoms with Gasteiger partial charge < -0.3 is 19.9 Å². The largest absolute Gasteiger partial charge is 0.457 e. The van der Waals surface area contributed by atoms with Gasteiger partial charge in [0.15, 0.2) is 5.82 Å². The van der Waals surface area contributed by atoms with E-state index in [0.29, 0.717) is 53.5 Å². The molecule has 0 atom stereocenters. The van der Waals surface area contributed by atoms with Crippen molar-refractivity contribution in [3.8, 4) is 11.5 Å². The SMILES string of the molecule is Cc1cc(Nc2ncnc3cnc(N4CCN(C(=O)C=CC(F)(F)F)CC4)nc23)ccc1Oc1ccc2c(c1)nnn2C. The van der Waals surface area contributed by atoms with E-state index in [4.69, 9.17) is 4.74 Å². The number of nitrogens with one attached hydrogen (secondary N) is 1. The molecule has 1 aliphatic rings. The zero-order chi connectivity index (χ0) is 30.1. The first-order chi connectivity index (χ1) is 20.6. The maximum atomic E-state index is 12.4. The minimum Gasteiger partial charge on any atom is -0.457 e. The molecule has 12 nitrogen and oxygen atoms in total. The molecule has 1 amide bonds. The van der Waals surface area contributed by atoms with Crippen LogP contribution in [0.25, 0.3) is 22.1 Å². The molecule has 4 heterocycles. The second-order valence-corrected chi connectivity index (χ2v) is 9.88. The van der Waals surface area contributed by atoms with E-state index in [-0.39, 0.29) is 19.2 Å². The molecule has 1 N–H and O–H groups in total. The third kappa shape index (κ3) is 6.14. The molecule has 0 spiro atoms. The van der Waals surface area contributed by atoms with Crippen molar-refractivity contribution < 1.29 is 22.7 Å². The van der Waals surface area contributed by atoms with Crippen molar-refractivity contribution in [2.24, 2.45) is 7.05 Å². The number of carbonyl (C=O) groups excluding carboxylic acids is 1. The second kappa shape index (κ2) is 11.2. The second-order valence-electron chi connectivity index (χ2n) is 9.88. The van der Waals surface area contributed by atoms with E-state index in [1.54, 1.807) is 10.9 Å². The van der Waals surface area contributed by atoms with Crippen LogP contribution in [0.3, 0.4) is 0 Å². The topological polar surface area (TPSA) is 127 Å². The fourth-order valence-electron chi connectivity index (χ4n) is 4.68. The highest BCUT2D eigenvalue weighted by Crippen LogP contribution is 2.31. The number of hydrogen-bond donors (Lipinski definition) is 1. The van der Waals surface area contributed by atoms with E-state index >= 15 is 0 Å². The predicted molar refractivity (Wildman–Crippen MR) is 152 cm³/mol. The van der Waals surface area contributed by atoms with Crippen molar-refractivity contribution in [2.75, 3.05) is 36.4 Å². The Morgan fingerprint density at radius 2 is 1.84 bits per heavy atom. The third-order valence-corrected chi connectivity index (χ3v) is 6.90. The molecule has 6 rings (SSSR count). The molecular weight excluding hydrogens is 565 g/mol. The number of alkyl halides is 3. The monoisotopic (exact) mass is 590 g/mol. The number of aryl methyl sites for hydroxylation is 2. The minimum absolute atomic E-state index is 0.0503. The summed E-state index contributed by atoms with van der Waals surface area (Å²) >= 11 is 0. The zero-order valence-electron chi connectivity index (χ0n) is 23.1. The molecule has 1 aliphatic heterocycles. The first-order valence-corrected chi connectivity index (χ1v) is 13.3. The Morgan fingerprint density at radius 3 is 2.60 bits per heavy atom. The van der Waals surface area contributed by atoms with Gasteiger partial charge in [-0.15, -0.1) is 5.10 Å². The number of aromatic nitrogens is 7. The predicted octanol–water partition coefficient (Wildman–Crippen LogP) is 4.31. The van der Waals surface area contributed by atoms with E-state index in [1.807, 2.05) is 55.3 Å². The average molecular weight is 591 g/mol. The molecule has 3 aromatic heterocycles. The van der Waals surface area contributed by atoms with Gasteiger partial charge in [-0.2, -0.15) is 13.2 Å². The normalized spacial score (nSPS) is 14.2. The Balaban J connectivity index is 1.16. The van der Waals surface area contributed by atoms with Gasteiger partial charge in [0.2, 0.25) is 11.9 Å². The lowest BCUT2D eigenvalue weighted by atomic mass is 10.2. The van der Waals surface area contributed by atoms with Gasteiger partial charge in [-0.05, 0) is 42.8 Å². The number of nitrogens with zero attached hydrogens (tertiary/aromatic N) is 9. The maximum absolute atomic E-state index is 12.4. The number of hydrogen-bond acceptors (Lipinski definition) is 10. The van der Waals surface area contributed by atoms with Crippen LogP contribution in [0.5, 0.6) is 11.5 Å². The Kier molecular flexibility index (Phi) is 7.21. The average Bonchev–Trinajstić information content (AvgIpc) is 3.36. The van der Waals surface area contributed by atoms with Gasteiger partial charge in [-0.1, -0.05) is 5.21 Å². The molecular formula is C28H25F3N10O2. The van der Waals surface area contributed by atoms with E-state index in [0.717, 1.165) is 22.3 Å². The summed E-state index contributed by atoms with van der Waals surface area (Å²) in [5, 5.41) is 11.5. The Hall–Kier alpha value is -5.34. The smallest absolute Gasteiger partial charge is 0.409 e. The number of anilines is 3. The molecule has 0 radical (unpaired) electrons. The molecule has 1 fully saturated rings. The molecule has 0 saturated carbocycles. The lowest BCUT2D eigenvalue weighted by molar-refractivity contribution is -0.127. The van der Waals surface area contributed by atoms with Gasteiger partial charge in [0.05, 0.1) is 11.7 Å². The van der Waals surface area contributed by atoms with Crippen LogP contribution in [-0.4, -0.2) is 78.1 Å². The summed E-state index contributed by atoms with van der Waals surface area (Å²) in [6.45, 7) is 3.12. The first kappa shape index (κ1) is 27.8. The van der Waals surface area contributed by atoms with Gasteiger partial charge in [-0.25, -0.2) is 24.6 Å². The van der Waals surface area contributed by atoms with E-state index in [9.17, 15) is 18.0 Å². The number of piperazine rings is 1. The summed E-state index contributed by atoms with van der Waals surface area (Å²) < 4.78 is 45.1. The molecule has 43 heavy (non-hydrogen) atoms. The molecule has 1 saturated heterocycles. The summed E-state index contributed by atoms with van der Waals surface area (Å²) in [4.78, 5) is 33.1. The van der Waals surface area contributed by atoms with Crippen molar-refractivity contribution in [2.45, 2.75) is 13.1 Å². The van der Waals surface area contributed by atoms with Crippen LogP contribution in [0.15, 0.2) is 61.1 Å². The lowest BCUT2D eigenvalue weighted by Gasteiger charge is -2.34. The Labute approximate surface area is 242 Å². The van der Waals surface area contributed by atoms with E-state index < -0.39 is 12.1 Å². The van der Waals surface area contributed by atoms with E-state index in [1.165, 1.54) is 11.2 Å². The van der Waals surface area contributed by atoms with Crippen molar-refractivity contribution in [3.63, 3.8) is 0 Å². The third-order valence-electron chi connectivity index (χ3n) is 6.90. The van der Waals surface area contributed by atoms with Gasteiger partial charge >= 0.3 is 6.18 Å². The quantitative estimate of drug-likeness (QED) is 0.286. The molecule has 5 aromatic rings. The number of halogens is 3. The van der Waals surface area contributed by atoms with Crippen LogP contribution in [0, 0.1) is 6.92 Å².